The summed E-state index contributed by atoms with van der Waals surface area (Å²) in [5.41, 5.74) is 4.17. The van der Waals surface area contributed by atoms with Crippen LogP contribution in [-0.2, 0) is 0 Å². The minimum atomic E-state index is 0.580. The maximum Gasteiger partial charge on any atom is 0.0600 e. The van der Waals surface area contributed by atoms with Crippen LogP contribution in [0.2, 0.25) is 0 Å². The summed E-state index contributed by atoms with van der Waals surface area (Å²) in [6, 6.07) is 20.5. The minimum absolute atomic E-state index is 0.580. The Morgan fingerprint density at radius 1 is 0.933 bits per heavy atom. The van der Waals surface area contributed by atoms with Crippen molar-refractivity contribution in [1.82, 2.24) is 14.8 Å². The zero-order valence-electron chi connectivity index (χ0n) is 17.9. The summed E-state index contributed by atoms with van der Waals surface area (Å²) < 4.78 is 2.48. The van der Waals surface area contributed by atoms with E-state index in [0.717, 1.165) is 25.6 Å². The first-order valence-corrected chi connectivity index (χ1v) is 11.7. The van der Waals surface area contributed by atoms with Crippen LogP contribution in [0.1, 0.15) is 43.2 Å². The molecule has 4 nitrogen and oxygen atoms in total. The fourth-order valence-corrected chi connectivity index (χ4v) is 5.27. The van der Waals surface area contributed by atoms with Gasteiger partial charge in [-0.15, -0.1) is 0 Å². The van der Waals surface area contributed by atoms with Crippen LogP contribution in [0.5, 0.6) is 0 Å². The van der Waals surface area contributed by atoms with Gasteiger partial charge < -0.3 is 20.1 Å². The third kappa shape index (κ3) is 4.26. The van der Waals surface area contributed by atoms with Crippen molar-refractivity contribution >= 4 is 16.6 Å². The molecule has 2 aromatic carbocycles. The smallest absolute Gasteiger partial charge is 0.0600 e. The molecule has 2 saturated heterocycles. The lowest BCUT2D eigenvalue weighted by atomic mass is 9.89. The van der Waals surface area contributed by atoms with Crippen LogP contribution in [-0.4, -0.2) is 48.7 Å². The van der Waals surface area contributed by atoms with Gasteiger partial charge in [-0.25, -0.2) is 0 Å². The fourth-order valence-electron chi connectivity index (χ4n) is 5.27. The highest BCUT2D eigenvalue weighted by molar-refractivity contribution is 5.93. The second-order valence-electron chi connectivity index (χ2n) is 8.92. The van der Waals surface area contributed by atoms with Gasteiger partial charge in [0.2, 0.25) is 0 Å². The Labute approximate surface area is 180 Å². The van der Waals surface area contributed by atoms with E-state index in [2.05, 4.69) is 80.9 Å². The average Bonchev–Trinajstić information content (AvgIpc) is 3.46. The van der Waals surface area contributed by atoms with Crippen molar-refractivity contribution in [1.29, 1.82) is 0 Å². The Kier molecular flexibility index (Phi) is 6.05. The fraction of sp³-hybridized carbons (Fsp3) is 0.462. The first kappa shape index (κ1) is 19.7. The largest absolute Gasteiger partial charge is 0.383 e. The number of nitrogens with one attached hydrogen (secondary N) is 2. The molecule has 1 unspecified atom stereocenters. The van der Waals surface area contributed by atoms with Crippen LogP contribution in [0.4, 0.5) is 5.69 Å². The van der Waals surface area contributed by atoms with E-state index in [1.165, 1.54) is 67.5 Å². The maximum atomic E-state index is 3.74. The van der Waals surface area contributed by atoms with Crippen LogP contribution < -0.4 is 10.6 Å². The van der Waals surface area contributed by atoms with Gasteiger partial charge in [-0.3, -0.25) is 0 Å². The first-order chi connectivity index (χ1) is 14.9. The summed E-state index contributed by atoms with van der Waals surface area (Å²) in [7, 11) is 0. The Balaban J connectivity index is 1.12. The quantitative estimate of drug-likeness (QED) is 0.554. The molecule has 2 aliphatic rings. The van der Waals surface area contributed by atoms with Crippen molar-refractivity contribution in [2.45, 2.75) is 37.6 Å². The maximum absolute atomic E-state index is 3.74. The zero-order valence-corrected chi connectivity index (χ0v) is 17.9. The van der Waals surface area contributed by atoms with E-state index in [1.807, 2.05) is 0 Å². The number of hydrogen-bond donors (Lipinski definition) is 2. The number of para-hydroxylation sites is 1. The Morgan fingerprint density at radius 3 is 2.53 bits per heavy atom. The van der Waals surface area contributed by atoms with E-state index < -0.39 is 0 Å². The van der Waals surface area contributed by atoms with Gasteiger partial charge >= 0.3 is 0 Å². The number of rotatable bonds is 7. The van der Waals surface area contributed by atoms with Gasteiger partial charge in [-0.1, -0.05) is 48.5 Å². The summed E-state index contributed by atoms with van der Waals surface area (Å²) in [6.07, 6.45) is 7.34. The van der Waals surface area contributed by atoms with E-state index in [0.29, 0.717) is 6.04 Å². The van der Waals surface area contributed by atoms with Crippen LogP contribution in [0.25, 0.3) is 10.9 Å². The highest BCUT2D eigenvalue weighted by Gasteiger charge is 2.21. The molecule has 1 aromatic heterocycles. The molecule has 0 aliphatic carbocycles. The molecule has 0 bridgehead atoms. The third-order valence-electron chi connectivity index (χ3n) is 6.99. The van der Waals surface area contributed by atoms with Crippen LogP contribution in [0.3, 0.4) is 0 Å². The molecule has 1 atom stereocenters. The van der Waals surface area contributed by atoms with Gasteiger partial charge in [0.15, 0.2) is 0 Å². The number of piperidine rings is 1. The van der Waals surface area contributed by atoms with Gasteiger partial charge in [0.05, 0.1) is 11.2 Å². The van der Waals surface area contributed by atoms with Crippen molar-refractivity contribution in [3.63, 3.8) is 0 Å². The lowest BCUT2D eigenvalue weighted by Gasteiger charge is -2.32. The van der Waals surface area contributed by atoms with E-state index in [4.69, 9.17) is 0 Å². The molecule has 30 heavy (non-hydrogen) atoms. The van der Waals surface area contributed by atoms with Crippen molar-refractivity contribution in [3.05, 3.63) is 66.4 Å². The summed E-state index contributed by atoms with van der Waals surface area (Å²) in [6.45, 7) is 6.90. The van der Waals surface area contributed by atoms with E-state index >= 15 is 0 Å². The molecule has 4 heteroatoms. The number of likely N-dealkylation sites (tertiary alicyclic amines) is 1. The first-order valence-electron chi connectivity index (χ1n) is 11.7. The third-order valence-corrected chi connectivity index (χ3v) is 6.99. The van der Waals surface area contributed by atoms with Crippen molar-refractivity contribution in [3.8, 4) is 0 Å². The number of nitrogens with zero attached hydrogens (tertiary/aromatic N) is 2. The SMILES string of the molecule is c1ccc(C2CCN(CCCNc3cn(C4CCNC4)c4ccccc34)CC2)cc1. The predicted octanol–water partition coefficient (Wildman–Crippen LogP) is 4.86. The standard InChI is InChI=1S/C26H34N4/c1-2-7-21(8-3-1)22-12-17-29(18-13-22)16-6-14-28-25-20-30(23-11-15-27-19-23)26-10-5-4-9-24(25)26/h1-5,7-10,20,22-23,27-28H,6,11-19H2. The lowest BCUT2D eigenvalue weighted by molar-refractivity contribution is 0.212. The van der Waals surface area contributed by atoms with Crippen LogP contribution in [0, 0.1) is 0 Å². The number of benzene rings is 2. The second-order valence-corrected chi connectivity index (χ2v) is 8.92. The molecule has 3 heterocycles. The van der Waals surface area contributed by atoms with Gasteiger partial charge in [-0.05, 0) is 69.4 Å². The summed E-state index contributed by atoms with van der Waals surface area (Å²) in [5.74, 6) is 0.747. The zero-order chi connectivity index (χ0) is 20.2. The second kappa shape index (κ2) is 9.23. The molecule has 2 fully saturated rings. The summed E-state index contributed by atoms with van der Waals surface area (Å²) >= 11 is 0. The molecule has 0 spiro atoms. The van der Waals surface area contributed by atoms with Crippen molar-refractivity contribution in [2.75, 3.05) is 44.6 Å². The molecule has 5 rings (SSSR count). The van der Waals surface area contributed by atoms with Crippen LogP contribution in [0.15, 0.2) is 60.8 Å². The van der Waals surface area contributed by atoms with Crippen molar-refractivity contribution in [2.24, 2.45) is 0 Å². The van der Waals surface area contributed by atoms with Gasteiger partial charge in [0, 0.05) is 30.7 Å². The molecule has 0 radical (unpaired) electrons. The number of aromatic nitrogens is 1. The number of fused-ring (bicyclic) bond motifs is 1. The lowest BCUT2D eigenvalue weighted by Crippen LogP contribution is -2.34. The predicted molar refractivity (Wildman–Crippen MR) is 126 cm³/mol. The Morgan fingerprint density at radius 2 is 1.73 bits per heavy atom. The highest BCUT2D eigenvalue weighted by atomic mass is 15.1. The Hall–Kier alpha value is -2.30. The summed E-state index contributed by atoms with van der Waals surface area (Å²) in [5, 5.41) is 8.59. The molecule has 0 saturated carbocycles. The Bertz CT molecular complexity index is 934. The summed E-state index contributed by atoms with van der Waals surface area (Å²) in [4.78, 5) is 2.65. The number of anilines is 1. The van der Waals surface area contributed by atoms with E-state index in [9.17, 15) is 0 Å². The minimum Gasteiger partial charge on any atom is -0.383 e. The molecule has 158 valence electrons. The molecular formula is C26H34N4. The van der Waals surface area contributed by atoms with Crippen LogP contribution >= 0.6 is 0 Å². The molecule has 3 aromatic rings. The van der Waals surface area contributed by atoms with E-state index in [-0.39, 0.29) is 0 Å². The average molecular weight is 403 g/mol. The monoisotopic (exact) mass is 402 g/mol. The highest BCUT2D eigenvalue weighted by Crippen LogP contribution is 2.31. The van der Waals surface area contributed by atoms with E-state index in [1.54, 1.807) is 0 Å². The topological polar surface area (TPSA) is 32.2 Å². The molecular weight excluding hydrogens is 368 g/mol. The molecule has 0 amide bonds. The van der Waals surface area contributed by atoms with Gasteiger partial charge in [-0.2, -0.15) is 0 Å². The molecule has 2 N–H and O–H groups in total. The normalized spacial score (nSPS) is 20.7. The number of hydrogen-bond acceptors (Lipinski definition) is 3. The van der Waals surface area contributed by atoms with Gasteiger partial charge in [0.1, 0.15) is 0 Å². The molecule has 2 aliphatic heterocycles. The van der Waals surface area contributed by atoms with Gasteiger partial charge in [0.25, 0.3) is 0 Å². The van der Waals surface area contributed by atoms with Crippen molar-refractivity contribution < 1.29 is 0 Å².